The van der Waals surface area contributed by atoms with Gasteiger partial charge in [0.05, 0.1) is 22.8 Å². The van der Waals surface area contributed by atoms with E-state index < -0.39 is 23.8 Å². The van der Waals surface area contributed by atoms with Crippen LogP contribution in [0.25, 0.3) is 0 Å². The number of amides is 2. The van der Waals surface area contributed by atoms with Crippen LogP contribution in [0.2, 0.25) is 0 Å². The first-order valence-corrected chi connectivity index (χ1v) is 9.10. The lowest BCUT2D eigenvalue weighted by molar-refractivity contribution is -0.151. The third kappa shape index (κ3) is 3.52. The van der Waals surface area contributed by atoms with Crippen LogP contribution in [0, 0.1) is 17.2 Å². The van der Waals surface area contributed by atoms with Gasteiger partial charge >= 0.3 is 5.97 Å². The minimum Gasteiger partial charge on any atom is -0.459 e. The highest BCUT2D eigenvalue weighted by Gasteiger charge is 2.45. The van der Waals surface area contributed by atoms with Gasteiger partial charge in [-0.05, 0) is 35.7 Å². The van der Waals surface area contributed by atoms with Gasteiger partial charge in [0.15, 0.2) is 0 Å². The predicted octanol–water partition coefficient (Wildman–Crippen LogP) is 3.31. The standard InChI is InChI=1S/C22H20N2O4/c1-3-14(2)19(22(27)28-13-16-8-6-7-15(11-16)12-23)24-20(25)17-9-4-5-10-18(17)21(24)26/h4-11,14,19H,3,13H2,1-2H3. The number of carbonyl (C=O) groups is 3. The molecule has 0 fully saturated rings. The average Bonchev–Trinajstić information content (AvgIpc) is 2.98. The lowest BCUT2D eigenvalue weighted by Crippen LogP contribution is -2.49. The minimum absolute atomic E-state index is 0.0372. The van der Waals surface area contributed by atoms with E-state index >= 15 is 0 Å². The molecule has 2 aromatic carbocycles. The van der Waals surface area contributed by atoms with Crippen LogP contribution >= 0.6 is 0 Å². The Balaban J connectivity index is 1.83. The number of ether oxygens (including phenoxy) is 1. The van der Waals surface area contributed by atoms with E-state index in [2.05, 4.69) is 0 Å². The minimum atomic E-state index is -1.00. The number of hydrogen-bond acceptors (Lipinski definition) is 5. The van der Waals surface area contributed by atoms with Crippen molar-refractivity contribution in [1.29, 1.82) is 5.26 Å². The Morgan fingerprint density at radius 2 is 1.75 bits per heavy atom. The van der Waals surface area contributed by atoms with E-state index in [0.29, 0.717) is 28.7 Å². The predicted molar refractivity (Wildman–Crippen MR) is 101 cm³/mol. The molecule has 2 unspecified atom stereocenters. The number of esters is 1. The second-order valence-electron chi connectivity index (χ2n) is 6.78. The lowest BCUT2D eigenvalue weighted by atomic mass is 9.97. The van der Waals surface area contributed by atoms with Gasteiger partial charge in [0.2, 0.25) is 0 Å². The Hall–Kier alpha value is -3.46. The number of nitriles is 1. The second kappa shape index (κ2) is 8.05. The van der Waals surface area contributed by atoms with Gasteiger partial charge in [-0.1, -0.05) is 44.5 Å². The first kappa shape index (κ1) is 19.3. The van der Waals surface area contributed by atoms with Crippen molar-refractivity contribution in [1.82, 2.24) is 4.90 Å². The van der Waals surface area contributed by atoms with Crippen LogP contribution in [0.4, 0.5) is 0 Å². The summed E-state index contributed by atoms with van der Waals surface area (Å²) in [5, 5.41) is 8.98. The van der Waals surface area contributed by atoms with Crippen molar-refractivity contribution in [3.63, 3.8) is 0 Å². The van der Waals surface area contributed by atoms with Crippen molar-refractivity contribution in [3.05, 3.63) is 70.8 Å². The molecule has 1 aliphatic heterocycles. The molecular formula is C22H20N2O4. The molecule has 0 aliphatic carbocycles. The number of imide groups is 1. The first-order valence-electron chi connectivity index (χ1n) is 9.10. The van der Waals surface area contributed by atoms with Crippen LogP contribution < -0.4 is 0 Å². The smallest absolute Gasteiger partial charge is 0.329 e. The van der Waals surface area contributed by atoms with E-state index in [1.54, 1.807) is 48.5 Å². The summed E-state index contributed by atoms with van der Waals surface area (Å²) in [6, 6.07) is 14.3. The zero-order valence-electron chi connectivity index (χ0n) is 15.7. The number of rotatable bonds is 6. The largest absolute Gasteiger partial charge is 0.459 e. The number of hydrogen-bond donors (Lipinski definition) is 0. The molecule has 2 atom stereocenters. The van der Waals surface area contributed by atoms with Crippen molar-refractivity contribution >= 4 is 17.8 Å². The van der Waals surface area contributed by atoms with Gasteiger partial charge in [0.25, 0.3) is 11.8 Å². The van der Waals surface area contributed by atoms with Crippen LogP contribution in [0.3, 0.4) is 0 Å². The van der Waals surface area contributed by atoms with E-state index in [-0.39, 0.29) is 12.5 Å². The summed E-state index contributed by atoms with van der Waals surface area (Å²) in [6.07, 6.45) is 0.594. The summed E-state index contributed by atoms with van der Waals surface area (Å²) in [6.45, 7) is 3.66. The molecule has 2 aromatic rings. The van der Waals surface area contributed by atoms with Crippen molar-refractivity contribution in [2.75, 3.05) is 0 Å². The molecule has 6 heteroatoms. The molecule has 1 heterocycles. The molecule has 0 aromatic heterocycles. The Morgan fingerprint density at radius 1 is 1.11 bits per heavy atom. The van der Waals surface area contributed by atoms with Gasteiger partial charge in [-0.2, -0.15) is 5.26 Å². The lowest BCUT2D eigenvalue weighted by Gasteiger charge is -2.29. The van der Waals surface area contributed by atoms with Crippen molar-refractivity contribution in [2.45, 2.75) is 32.9 Å². The molecule has 0 bridgehead atoms. The molecule has 2 amide bonds. The molecule has 3 rings (SSSR count). The fourth-order valence-electron chi connectivity index (χ4n) is 3.25. The number of benzene rings is 2. The fraction of sp³-hybridized carbons (Fsp3) is 0.273. The summed E-state index contributed by atoms with van der Waals surface area (Å²) in [7, 11) is 0. The Kier molecular flexibility index (Phi) is 5.55. The zero-order valence-corrected chi connectivity index (χ0v) is 15.7. The molecule has 0 saturated carbocycles. The van der Waals surface area contributed by atoms with E-state index in [1.807, 2.05) is 19.9 Å². The normalized spacial score (nSPS) is 15.0. The molecule has 0 spiro atoms. The maximum atomic E-state index is 12.9. The first-order chi connectivity index (χ1) is 13.5. The Morgan fingerprint density at radius 3 is 2.32 bits per heavy atom. The van der Waals surface area contributed by atoms with Crippen LogP contribution in [-0.4, -0.2) is 28.7 Å². The average molecular weight is 376 g/mol. The fourth-order valence-corrected chi connectivity index (χ4v) is 3.25. The summed E-state index contributed by atoms with van der Waals surface area (Å²) in [5.41, 5.74) is 1.73. The highest BCUT2D eigenvalue weighted by Crippen LogP contribution is 2.28. The number of carbonyl (C=O) groups excluding carboxylic acids is 3. The van der Waals surface area contributed by atoms with Gasteiger partial charge < -0.3 is 4.74 Å². The van der Waals surface area contributed by atoms with Crippen LogP contribution in [-0.2, 0) is 16.1 Å². The summed E-state index contributed by atoms with van der Waals surface area (Å²) in [4.78, 5) is 39.5. The second-order valence-corrected chi connectivity index (χ2v) is 6.78. The van der Waals surface area contributed by atoms with Gasteiger partial charge in [0, 0.05) is 0 Å². The molecule has 0 saturated heterocycles. The molecule has 142 valence electrons. The maximum absolute atomic E-state index is 12.9. The third-order valence-electron chi connectivity index (χ3n) is 4.97. The van der Waals surface area contributed by atoms with E-state index in [4.69, 9.17) is 10.00 Å². The van der Waals surface area contributed by atoms with Crippen LogP contribution in [0.1, 0.15) is 52.1 Å². The maximum Gasteiger partial charge on any atom is 0.329 e. The highest BCUT2D eigenvalue weighted by molar-refractivity contribution is 6.22. The molecule has 0 N–H and O–H groups in total. The van der Waals surface area contributed by atoms with Gasteiger partial charge in [0.1, 0.15) is 12.6 Å². The Bertz CT molecular complexity index is 941. The van der Waals surface area contributed by atoms with Gasteiger partial charge in [-0.3, -0.25) is 14.5 Å². The van der Waals surface area contributed by atoms with Crippen LogP contribution in [0.15, 0.2) is 48.5 Å². The number of nitrogens with zero attached hydrogens (tertiary/aromatic N) is 2. The SMILES string of the molecule is CCC(C)C(C(=O)OCc1cccc(C#N)c1)N1C(=O)c2ccccc2C1=O. The molecule has 0 radical (unpaired) electrons. The Labute approximate surface area is 163 Å². The van der Waals surface area contributed by atoms with Crippen molar-refractivity contribution in [3.8, 4) is 6.07 Å². The zero-order chi connectivity index (χ0) is 20.3. The van der Waals surface area contributed by atoms with Crippen LogP contribution in [0.5, 0.6) is 0 Å². The molecule has 28 heavy (non-hydrogen) atoms. The third-order valence-corrected chi connectivity index (χ3v) is 4.97. The summed E-state index contributed by atoms with van der Waals surface area (Å²) in [5.74, 6) is -1.85. The van der Waals surface area contributed by atoms with Crippen molar-refractivity contribution in [2.24, 2.45) is 5.92 Å². The monoisotopic (exact) mass is 376 g/mol. The highest BCUT2D eigenvalue weighted by atomic mass is 16.5. The summed E-state index contributed by atoms with van der Waals surface area (Å²) < 4.78 is 5.43. The molecule has 6 nitrogen and oxygen atoms in total. The van der Waals surface area contributed by atoms with E-state index in [0.717, 1.165) is 4.90 Å². The molecular weight excluding hydrogens is 356 g/mol. The van der Waals surface area contributed by atoms with Gasteiger partial charge in [-0.15, -0.1) is 0 Å². The summed E-state index contributed by atoms with van der Waals surface area (Å²) >= 11 is 0. The molecule has 1 aliphatic rings. The van der Waals surface area contributed by atoms with E-state index in [1.165, 1.54) is 0 Å². The quantitative estimate of drug-likeness (QED) is 0.570. The van der Waals surface area contributed by atoms with Gasteiger partial charge in [-0.25, -0.2) is 4.79 Å². The number of fused-ring (bicyclic) bond motifs is 1. The van der Waals surface area contributed by atoms with E-state index in [9.17, 15) is 14.4 Å². The van der Waals surface area contributed by atoms with Crippen molar-refractivity contribution < 1.29 is 19.1 Å². The topological polar surface area (TPSA) is 87.5 Å².